The van der Waals surface area contributed by atoms with Crippen molar-refractivity contribution >= 4 is 17.2 Å². The van der Waals surface area contributed by atoms with Gasteiger partial charge in [0.05, 0.1) is 19.1 Å². The molecule has 5 heteroatoms. The molecular formula is C17H26N2O2S. The maximum atomic E-state index is 12.5. The van der Waals surface area contributed by atoms with Gasteiger partial charge in [0.25, 0.3) is 0 Å². The Labute approximate surface area is 137 Å². The highest BCUT2D eigenvalue weighted by molar-refractivity contribution is 7.07. The molecule has 0 N–H and O–H groups in total. The van der Waals surface area contributed by atoms with E-state index in [2.05, 4.69) is 24.1 Å². The molecule has 1 aromatic heterocycles. The fourth-order valence-electron chi connectivity index (χ4n) is 3.45. The van der Waals surface area contributed by atoms with Crippen LogP contribution in [0.2, 0.25) is 0 Å². The molecule has 0 unspecified atom stereocenters. The van der Waals surface area contributed by atoms with Gasteiger partial charge >= 0.3 is 0 Å². The summed E-state index contributed by atoms with van der Waals surface area (Å²) < 4.78 is 6.07. The standard InChI is InChI=1S/C17H26N2O2S/c1-13(2)18-6-7-21-16-11-19(5-3-15(16)10-18)17(20)9-14-4-8-22-12-14/h4,8,12-13,15-16H,3,5-7,9-11H2,1-2H3/t15-,16-/m1/s1. The average Bonchev–Trinajstić information content (AvgIpc) is 2.90. The largest absolute Gasteiger partial charge is 0.375 e. The quantitative estimate of drug-likeness (QED) is 0.856. The van der Waals surface area contributed by atoms with Gasteiger partial charge < -0.3 is 9.64 Å². The Morgan fingerprint density at radius 1 is 1.41 bits per heavy atom. The Kier molecular flexibility index (Phi) is 5.16. The minimum atomic E-state index is 0.212. The summed E-state index contributed by atoms with van der Waals surface area (Å²) in [5.41, 5.74) is 1.13. The lowest BCUT2D eigenvalue weighted by Crippen LogP contribution is -2.49. The average molecular weight is 322 g/mol. The molecule has 2 aliphatic heterocycles. The van der Waals surface area contributed by atoms with Crippen LogP contribution in [-0.4, -0.2) is 60.6 Å². The number of fused-ring (bicyclic) bond motifs is 1. The smallest absolute Gasteiger partial charge is 0.227 e. The number of rotatable bonds is 3. The molecule has 122 valence electrons. The summed E-state index contributed by atoms with van der Waals surface area (Å²) in [4.78, 5) is 17.0. The van der Waals surface area contributed by atoms with Crippen LogP contribution in [0.3, 0.4) is 0 Å². The SMILES string of the molecule is CC(C)N1CCO[C@@H]2CN(C(=O)Cc3ccsc3)CC[C@@H]2C1. The van der Waals surface area contributed by atoms with E-state index in [1.807, 2.05) is 16.3 Å². The van der Waals surface area contributed by atoms with Crippen molar-refractivity contribution in [1.82, 2.24) is 9.80 Å². The number of hydrogen-bond acceptors (Lipinski definition) is 4. The van der Waals surface area contributed by atoms with Crippen LogP contribution in [0, 0.1) is 5.92 Å². The Hall–Kier alpha value is -0.910. The summed E-state index contributed by atoms with van der Waals surface area (Å²) in [6, 6.07) is 2.61. The number of carbonyl (C=O) groups is 1. The lowest BCUT2D eigenvalue weighted by molar-refractivity contribution is -0.136. The van der Waals surface area contributed by atoms with E-state index >= 15 is 0 Å². The minimum absolute atomic E-state index is 0.212. The molecule has 2 saturated heterocycles. The van der Waals surface area contributed by atoms with Crippen LogP contribution in [0.4, 0.5) is 0 Å². The Balaban J connectivity index is 1.58. The summed E-state index contributed by atoms with van der Waals surface area (Å²) >= 11 is 1.65. The Bertz CT molecular complexity index is 489. The fourth-order valence-corrected chi connectivity index (χ4v) is 4.12. The number of ether oxygens (including phenoxy) is 1. The van der Waals surface area contributed by atoms with E-state index in [0.717, 1.165) is 44.8 Å². The number of nitrogens with zero attached hydrogens (tertiary/aromatic N) is 2. The molecule has 0 aromatic carbocycles. The van der Waals surface area contributed by atoms with E-state index in [4.69, 9.17) is 4.74 Å². The number of thiophene rings is 1. The van der Waals surface area contributed by atoms with Crippen molar-refractivity contribution in [1.29, 1.82) is 0 Å². The van der Waals surface area contributed by atoms with Gasteiger partial charge in [0, 0.05) is 38.1 Å². The molecule has 3 heterocycles. The van der Waals surface area contributed by atoms with Gasteiger partial charge in [-0.2, -0.15) is 11.3 Å². The van der Waals surface area contributed by atoms with E-state index in [1.54, 1.807) is 11.3 Å². The summed E-state index contributed by atoms with van der Waals surface area (Å²) in [6.07, 6.45) is 1.80. The molecule has 0 aliphatic carbocycles. The van der Waals surface area contributed by atoms with Gasteiger partial charge in [0.1, 0.15) is 0 Å². The predicted octanol–water partition coefficient (Wildman–Crippen LogP) is 2.25. The zero-order valence-corrected chi connectivity index (χ0v) is 14.3. The highest BCUT2D eigenvalue weighted by Crippen LogP contribution is 2.25. The first-order valence-corrected chi connectivity index (χ1v) is 9.22. The molecule has 1 amide bonds. The first-order valence-electron chi connectivity index (χ1n) is 8.28. The second-order valence-electron chi connectivity index (χ2n) is 6.69. The number of amides is 1. The molecule has 2 atom stereocenters. The molecule has 0 spiro atoms. The molecule has 0 bridgehead atoms. The summed E-state index contributed by atoms with van der Waals surface area (Å²) in [5.74, 6) is 0.806. The van der Waals surface area contributed by atoms with E-state index in [9.17, 15) is 4.79 Å². The predicted molar refractivity (Wildman–Crippen MR) is 89.2 cm³/mol. The van der Waals surface area contributed by atoms with E-state index in [0.29, 0.717) is 18.4 Å². The first kappa shape index (κ1) is 16.0. The second kappa shape index (κ2) is 7.11. The van der Waals surface area contributed by atoms with Crippen molar-refractivity contribution in [3.63, 3.8) is 0 Å². The van der Waals surface area contributed by atoms with Crippen LogP contribution in [0.25, 0.3) is 0 Å². The molecule has 0 saturated carbocycles. The van der Waals surface area contributed by atoms with Gasteiger partial charge in [-0.3, -0.25) is 9.69 Å². The van der Waals surface area contributed by atoms with E-state index in [1.165, 1.54) is 0 Å². The maximum absolute atomic E-state index is 12.5. The zero-order valence-electron chi connectivity index (χ0n) is 13.5. The van der Waals surface area contributed by atoms with Crippen molar-refractivity contribution in [3.8, 4) is 0 Å². The molecule has 3 rings (SSSR count). The fraction of sp³-hybridized carbons (Fsp3) is 0.706. The van der Waals surface area contributed by atoms with Gasteiger partial charge in [0.2, 0.25) is 5.91 Å². The van der Waals surface area contributed by atoms with Gasteiger partial charge in [-0.15, -0.1) is 0 Å². The van der Waals surface area contributed by atoms with Crippen LogP contribution in [0.5, 0.6) is 0 Å². The highest BCUT2D eigenvalue weighted by atomic mass is 32.1. The third kappa shape index (κ3) is 3.70. The van der Waals surface area contributed by atoms with Gasteiger partial charge in [-0.05, 0) is 42.7 Å². The van der Waals surface area contributed by atoms with E-state index < -0.39 is 0 Å². The normalized spacial score (nSPS) is 26.8. The molecule has 1 aromatic rings. The molecule has 2 aliphatic rings. The third-order valence-electron chi connectivity index (χ3n) is 4.89. The number of carbonyl (C=O) groups excluding carboxylic acids is 1. The zero-order chi connectivity index (χ0) is 15.5. The van der Waals surface area contributed by atoms with Gasteiger partial charge in [0.15, 0.2) is 0 Å². The van der Waals surface area contributed by atoms with Crippen LogP contribution in [-0.2, 0) is 16.0 Å². The van der Waals surface area contributed by atoms with Crippen molar-refractivity contribution < 1.29 is 9.53 Å². The first-order chi connectivity index (χ1) is 10.6. The van der Waals surface area contributed by atoms with Crippen LogP contribution in [0.15, 0.2) is 16.8 Å². The monoisotopic (exact) mass is 322 g/mol. The molecular weight excluding hydrogens is 296 g/mol. The maximum Gasteiger partial charge on any atom is 0.227 e. The number of piperidine rings is 1. The summed E-state index contributed by atoms with van der Waals surface area (Å²) in [5, 5.41) is 4.09. The minimum Gasteiger partial charge on any atom is -0.375 e. The van der Waals surface area contributed by atoms with Crippen molar-refractivity contribution in [2.45, 2.75) is 38.8 Å². The van der Waals surface area contributed by atoms with Crippen molar-refractivity contribution in [2.75, 3.05) is 32.8 Å². The number of hydrogen-bond donors (Lipinski definition) is 0. The van der Waals surface area contributed by atoms with E-state index in [-0.39, 0.29) is 12.0 Å². The van der Waals surface area contributed by atoms with Crippen LogP contribution < -0.4 is 0 Å². The third-order valence-corrected chi connectivity index (χ3v) is 5.63. The van der Waals surface area contributed by atoms with Crippen molar-refractivity contribution in [2.24, 2.45) is 5.92 Å². The molecule has 4 nitrogen and oxygen atoms in total. The van der Waals surface area contributed by atoms with Crippen molar-refractivity contribution in [3.05, 3.63) is 22.4 Å². The van der Waals surface area contributed by atoms with Gasteiger partial charge in [-0.25, -0.2) is 0 Å². The Morgan fingerprint density at radius 2 is 2.27 bits per heavy atom. The molecule has 22 heavy (non-hydrogen) atoms. The number of likely N-dealkylation sites (tertiary alicyclic amines) is 1. The Morgan fingerprint density at radius 3 is 3.00 bits per heavy atom. The summed E-state index contributed by atoms with van der Waals surface area (Å²) in [6.45, 7) is 9.03. The van der Waals surface area contributed by atoms with Crippen LogP contribution in [0.1, 0.15) is 25.8 Å². The second-order valence-corrected chi connectivity index (χ2v) is 7.47. The summed E-state index contributed by atoms with van der Waals surface area (Å²) in [7, 11) is 0. The lowest BCUT2D eigenvalue weighted by Gasteiger charge is -2.38. The van der Waals surface area contributed by atoms with Gasteiger partial charge in [-0.1, -0.05) is 0 Å². The lowest BCUT2D eigenvalue weighted by atomic mass is 9.92. The molecule has 0 radical (unpaired) electrons. The molecule has 2 fully saturated rings. The van der Waals surface area contributed by atoms with Crippen LogP contribution >= 0.6 is 11.3 Å². The highest BCUT2D eigenvalue weighted by Gasteiger charge is 2.35. The topological polar surface area (TPSA) is 32.8 Å².